The van der Waals surface area contributed by atoms with E-state index in [2.05, 4.69) is 10.3 Å². The molecule has 1 saturated heterocycles. The quantitative estimate of drug-likeness (QED) is 0.850. The number of likely N-dealkylation sites (tertiary alicyclic amines) is 1. The molecule has 0 aliphatic carbocycles. The van der Waals surface area contributed by atoms with Crippen LogP contribution in [0.25, 0.3) is 0 Å². The number of aromatic nitrogens is 1. The average Bonchev–Trinajstić information content (AvgIpc) is 2.92. The van der Waals surface area contributed by atoms with Crippen LogP contribution >= 0.6 is 11.6 Å². The molecule has 1 aromatic heterocycles. The van der Waals surface area contributed by atoms with Crippen molar-refractivity contribution in [3.8, 4) is 0 Å². The van der Waals surface area contributed by atoms with Gasteiger partial charge in [-0.25, -0.2) is 4.98 Å². The van der Waals surface area contributed by atoms with E-state index in [-0.39, 0.29) is 22.7 Å². The molecule has 5 nitrogen and oxygen atoms in total. The Morgan fingerprint density at radius 3 is 2.74 bits per heavy atom. The molecule has 1 aliphatic heterocycles. The zero-order valence-electron chi connectivity index (χ0n) is 10.6. The summed E-state index contributed by atoms with van der Waals surface area (Å²) < 4.78 is 0. The van der Waals surface area contributed by atoms with Crippen molar-refractivity contribution in [2.45, 2.75) is 19.3 Å². The topological polar surface area (TPSA) is 62.3 Å². The van der Waals surface area contributed by atoms with Crippen LogP contribution in [0, 0.1) is 0 Å². The fourth-order valence-electron chi connectivity index (χ4n) is 2.03. The molecule has 0 atom stereocenters. The normalized spacial score (nSPS) is 14.5. The Hall–Kier alpha value is -1.62. The lowest BCUT2D eigenvalue weighted by atomic mass is 10.3. The second-order valence-corrected chi connectivity index (χ2v) is 4.83. The molecule has 0 aromatic carbocycles. The van der Waals surface area contributed by atoms with Crippen LogP contribution < -0.4 is 5.32 Å². The van der Waals surface area contributed by atoms with Crippen molar-refractivity contribution in [2.24, 2.45) is 0 Å². The number of nitrogens with one attached hydrogen (secondary N) is 1. The smallest absolute Gasteiger partial charge is 0.269 e. The van der Waals surface area contributed by atoms with Gasteiger partial charge >= 0.3 is 0 Å². The van der Waals surface area contributed by atoms with E-state index >= 15 is 0 Å². The summed E-state index contributed by atoms with van der Waals surface area (Å²) >= 11 is 5.71. The lowest BCUT2D eigenvalue weighted by molar-refractivity contribution is -0.129. The second kappa shape index (κ2) is 6.52. The summed E-state index contributed by atoms with van der Waals surface area (Å²) in [6, 6.07) is 4.86. The van der Waals surface area contributed by atoms with Crippen LogP contribution in [0.4, 0.5) is 0 Å². The SMILES string of the molecule is O=C(NCCC(=O)N1CCCC1)c1cccc(Cl)n1. The molecule has 6 heteroatoms. The monoisotopic (exact) mass is 281 g/mol. The molecule has 2 heterocycles. The highest BCUT2D eigenvalue weighted by atomic mass is 35.5. The van der Waals surface area contributed by atoms with E-state index in [9.17, 15) is 9.59 Å². The second-order valence-electron chi connectivity index (χ2n) is 4.44. The highest BCUT2D eigenvalue weighted by molar-refractivity contribution is 6.29. The van der Waals surface area contributed by atoms with Crippen LogP contribution in [-0.2, 0) is 4.79 Å². The molecule has 0 saturated carbocycles. The molecular formula is C13H16ClN3O2. The standard InChI is InChI=1S/C13H16ClN3O2/c14-11-5-3-4-10(16-11)13(19)15-7-6-12(18)17-8-1-2-9-17/h3-5H,1-2,6-9H2,(H,15,19). The van der Waals surface area contributed by atoms with Gasteiger partial charge < -0.3 is 10.2 Å². The average molecular weight is 282 g/mol. The Morgan fingerprint density at radius 2 is 2.05 bits per heavy atom. The van der Waals surface area contributed by atoms with E-state index in [1.54, 1.807) is 18.2 Å². The Morgan fingerprint density at radius 1 is 1.32 bits per heavy atom. The predicted molar refractivity (Wildman–Crippen MR) is 72.0 cm³/mol. The molecule has 0 spiro atoms. The number of nitrogens with zero attached hydrogens (tertiary/aromatic N) is 2. The molecule has 2 rings (SSSR count). The highest BCUT2D eigenvalue weighted by Gasteiger charge is 2.17. The van der Waals surface area contributed by atoms with Crippen molar-refractivity contribution >= 4 is 23.4 Å². The Kier molecular flexibility index (Phi) is 4.74. The van der Waals surface area contributed by atoms with Crippen LogP contribution in [0.2, 0.25) is 5.15 Å². The number of hydrogen-bond donors (Lipinski definition) is 1. The summed E-state index contributed by atoms with van der Waals surface area (Å²) in [4.78, 5) is 29.2. The Bertz CT molecular complexity index is 473. The first-order valence-corrected chi connectivity index (χ1v) is 6.73. The van der Waals surface area contributed by atoms with Gasteiger partial charge in [0, 0.05) is 26.1 Å². The highest BCUT2D eigenvalue weighted by Crippen LogP contribution is 2.08. The van der Waals surface area contributed by atoms with Gasteiger partial charge in [0.25, 0.3) is 5.91 Å². The molecule has 19 heavy (non-hydrogen) atoms. The first-order valence-electron chi connectivity index (χ1n) is 6.35. The molecule has 1 fully saturated rings. The van der Waals surface area contributed by atoms with E-state index in [1.807, 2.05) is 4.90 Å². The van der Waals surface area contributed by atoms with E-state index in [0.717, 1.165) is 25.9 Å². The van der Waals surface area contributed by atoms with Crippen LogP contribution in [-0.4, -0.2) is 41.3 Å². The Labute approximate surface area is 117 Å². The molecule has 1 N–H and O–H groups in total. The number of rotatable bonds is 4. The minimum absolute atomic E-state index is 0.0943. The number of hydrogen-bond acceptors (Lipinski definition) is 3. The fourth-order valence-corrected chi connectivity index (χ4v) is 2.20. The summed E-state index contributed by atoms with van der Waals surface area (Å²) in [5, 5.41) is 2.95. The van der Waals surface area contributed by atoms with Crippen molar-refractivity contribution in [3.63, 3.8) is 0 Å². The van der Waals surface area contributed by atoms with Gasteiger partial charge in [0.15, 0.2) is 0 Å². The van der Waals surface area contributed by atoms with E-state index in [4.69, 9.17) is 11.6 Å². The van der Waals surface area contributed by atoms with Gasteiger partial charge in [-0.2, -0.15) is 0 Å². The third-order valence-corrected chi connectivity index (χ3v) is 3.24. The largest absolute Gasteiger partial charge is 0.350 e. The third kappa shape index (κ3) is 3.92. The summed E-state index contributed by atoms with van der Waals surface area (Å²) in [5.74, 6) is -0.214. The van der Waals surface area contributed by atoms with Crippen LogP contribution in [0.5, 0.6) is 0 Å². The maximum absolute atomic E-state index is 11.8. The fraction of sp³-hybridized carbons (Fsp3) is 0.462. The minimum atomic E-state index is -0.309. The van der Waals surface area contributed by atoms with Crippen molar-refractivity contribution in [3.05, 3.63) is 29.0 Å². The number of amides is 2. The zero-order chi connectivity index (χ0) is 13.7. The first-order chi connectivity index (χ1) is 9.16. The maximum Gasteiger partial charge on any atom is 0.269 e. The number of pyridine rings is 1. The summed E-state index contributed by atoms with van der Waals surface area (Å²) in [6.45, 7) is 1.99. The summed E-state index contributed by atoms with van der Waals surface area (Å²) in [7, 11) is 0. The number of carbonyl (C=O) groups is 2. The minimum Gasteiger partial charge on any atom is -0.350 e. The number of carbonyl (C=O) groups excluding carboxylic acids is 2. The zero-order valence-corrected chi connectivity index (χ0v) is 11.3. The van der Waals surface area contributed by atoms with Gasteiger partial charge in [-0.15, -0.1) is 0 Å². The summed E-state index contributed by atoms with van der Waals surface area (Å²) in [5.41, 5.74) is 0.265. The molecule has 1 aromatic rings. The predicted octanol–water partition coefficient (Wildman–Crippen LogP) is 1.48. The number of halogens is 1. The van der Waals surface area contributed by atoms with Crippen molar-refractivity contribution in [1.82, 2.24) is 15.2 Å². The summed E-state index contributed by atoms with van der Waals surface area (Å²) in [6.07, 6.45) is 2.47. The third-order valence-electron chi connectivity index (χ3n) is 3.03. The van der Waals surface area contributed by atoms with Gasteiger partial charge in [-0.05, 0) is 25.0 Å². The van der Waals surface area contributed by atoms with Crippen LogP contribution in [0.3, 0.4) is 0 Å². The maximum atomic E-state index is 11.8. The lowest BCUT2D eigenvalue weighted by Gasteiger charge is -2.15. The van der Waals surface area contributed by atoms with Crippen LogP contribution in [0.1, 0.15) is 29.8 Å². The van der Waals surface area contributed by atoms with Gasteiger partial charge in [-0.1, -0.05) is 17.7 Å². The van der Waals surface area contributed by atoms with Crippen molar-refractivity contribution < 1.29 is 9.59 Å². The lowest BCUT2D eigenvalue weighted by Crippen LogP contribution is -2.32. The molecule has 2 amide bonds. The first kappa shape index (κ1) is 13.8. The molecular weight excluding hydrogens is 266 g/mol. The van der Waals surface area contributed by atoms with Crippen LogP contribution in [0.15, 0.2) is 18.2 Å². The van der Waals surface area contributed by atoms with Crippen molar-refractivity contribution in [1.29, 1.82) is 0 Å². The molecule has 0 unspecified atom stereocenters. The van der Waals surface area contributed by atoms with E-state index < -0.39 is 0 Å². The van der Waals surface area contributed by atoms with E-state index in [0.29, 0.717) is 13.0 Å². The van der Waals surface area contributed by atoms with Gasteiger partial charge in [-0.3, -0.25) is 9.59 Å². The molecule has 1 aliphatic rings. The molecule has 102 valence electrons. The van der Waals surface area contributed by atoms with Gasteiger partial charge in [0.1, 0.15) is 10.8 Å². The van der Waals surface area contributed by atoms with Gasteiger partial charge in [0.2, 0.25) is 5.91 Å². The van der Waals surface area contributed by atoms with Crippen molar-refractivity contribution in [2.75, 3.05) is 19.6 Å². The van der Waals surface area contributed by atoms with E-state index in [1.165, 1.54) is 0 Å². The van der Waals surface area contributed by atoms with Gasteiger partial charge in [0.05, 0.1) is 0 Å². The molecule has 0 radical (unpaired) electrons. The molecule has 0 bridgehead atoms. The Balaban J connectivity index is 1.76.